The van der Waals surface area contributed by atoms with E-state index in [4.69, 9.17) is 4.74 Å². The molecule has 0 fully saturated rings. The molecule has 1 N–H and O–H groups in total. The fraction of sp³-hybridized carbons (Fsp3) is 0.200. The molecular formula is C20H20N2O2. The maximum absolute atomic E-state index is 12.1. The molecule has 0 bridgehead atoms. The monoisotopic (exact) mass is 320 g/mol. The molecule has 0 saturated carbocycles. The van der Waals surface area contributed by atoms with E-state index < -0.39 is 0 Å². The molecule has 0 aliphatic carbocycles. The highest BCUT2D eigenvalue weighted by molar-refractivity contribution is 6.14. The topological polar surface area (TPSA) is 50.7 Å². The predicted octanol–water partition coefficient (Wildman–Crippen LogP) is 3.37. The molecule has 1 amide bonds. The molecule has 2 aromatic rings. The number of methoxy groups -OCH3 is 1. The van der Waals surface area contributed by atoms with Gasteiger partial charge in [0.15, 0.2) is 0 Å². The van der Waals surface area contributed by atoms with E-state index in [9.17, 15) is 4.79 Å². The Balaban J connectivity index is 1.83. The van der Waals surface area contributed by atoms with Crippen LogP contribution in [0.1, 0.15) is 23.6 Å². The van der Waals surface area contributed by atoms with Crippen molar-refractivity contribution in [2.75, 3.05) is 7.11 Å². The number of carbonyl (C=O) groups excluding carboxylic acids is 1. The van der Waals surface area contributed by atoms with Gasteiger partial charge in [-0.15, -0.1) is 0 Å². The molecule has 3 rings (SSSR count). The maximum atomic E-state index is 12.1. The molecule has 0 atom stereocenters. The number of carbonyl (C=O) groups is 1. The first-order chi connectivity index (χ1) is 11.7. The van der Waals surface area contributed by atoms with Crippen LogP contribution in [0.4, 0.5) is 0 Å². The van der Waals surface area contributed by atoms with Gasteiger partial charge < -0.3 is 10.1 Å². The van der Waals surface area contributed by atoms with Gasteiger partial charge in [-0.05, 0) is 41.3 Å². The van der Waals surface area contributed by atoms with Crippen LogP contribution in [0.25, 0.3) is 6.08 Å². The SMILES string of the molecule is CCc1cc(/C=C2/N=C(Cc3ccccc3)NC2=O)ccc1OC. The van der Waals surface area contributed by atoms with E-state index >= 15 is 0 Å². The summed E-state index contributed by atoms with van der Waals surface area (Å²) in [4.78, 5) is 16.6. The quantitative estimate of drug-likeness (QED) is 0.859. The molecule has 122 valence electrons. The molecule has 0 aromatic heterocycles. The number of aliphatic imine (C=N–C) groups is 1. The van der Waals surface area contributed by atoms with E-state index in [0.29, 0.717) is 18.0 Å². The highest BCUT2D eigenvalue weighted by Crippen LogP contribution is 2.22. The summed E-state index contributed by atoms with van der Waals surface area (Å²) < 4.78 is 5.34. The summed E-state index contributed by atoms with van der Waals surface area (Å²) in [6, 6.07) is 15.9. The Morgan fingerprint density at radius 3 is 2.67 bits per heavy atom. The van der Waals surface area contributed by atoms with Crippen LogP contribution in [-0.4, -0.2) is 18.9 Å². The van der Waals surface area contributed by atoms with Crippen molar-refractivity contribution in [1.29, 1.82) is 0 Å². The number of nitrogens with one attached hydrogen (secondary N) is 1. The van der Waals surface area contributed by atoms with E-state index in [1.807, 2.05) is 54.6 Å². The van der Waals surface area contributed by atoms with Gasteiger partial charge in [-0.1, -0.05) is 43.3 Å². The lowest BCUT2D eigenvalue weighted by atomic mass is 10.1. The summed E-state index contributed by atoms with van der Waals surface area (Å²) in [6.07, 6.45) is 3.30. The Bertz CT molecular complexity index is 808. The lowest BCUT2D eigenvalue weighted by Gasteiger charge is -2.07. The maximum Gasteiger partial charge on any atom is 0.275 e. The van der Waals surface area contributed by atoms with Crippen molar-refractivity contribution < 1.29 is 9.53 Å². The summed E-state index contributed by atoms with van der Waals surface area (Å²) in [5.41, 5.74) is 3.62. The molecule has 1 aliphatic rings. The van der Waals surface area contributed by atoms with Crippen LogP contribution in [0.2, 0.25) is 0 Å². The fourth-order valence-electron chi connectivity index (χ4n) is 2.71. The van der Waals surface area contributed by atoms with Gasteiger partial charge in [0.2, 0.25) is 0 Å². The van der Waals surface area contributed by atoms with Gasteiger partial charge in [-0.3, -0.25) is 4.79 Å². The van der Waals surface area contributed by atoms with Gasteiger partial charge in [-0.25, -0.2) is 4.99 Å². The first-order valence-corrected chi connectivity index (χ1v) is 8.01. The Labute approximate surface area is 141 Å². The average molecular weight is 320 g/mol. The number of benzene rings is 2. The zero-order valence-corrected chi connectivity index (χ0v) is 13.9. The molecule has 0 radical (unpaired) electrons. The number of nitrogens with zero attached hydrogens (tertiary/aromatic N) is 1. The van der Waals surface area contributed by atoms with Gasteiger partial charge >= 0.3 is 0 Å². The van der Waals surface area contributed by atoms with Crippen molar-refractivity contribution in [3.63, 3.8) is 0 Å². The van der Waals surface area contributed by atoms with E-state index in [0.717, 1.165) is 28.9 Å². The smallest absolute Gasteiger partial charge is 0.275 e. The summed E-state index contributed by atoms with van der Waals surface area (Å²) in [5.74, 6) is 1.39. The van der Waals surface area contributed by atoms with Crippen molar-refractivity contribution in [2.45, 2.75) is 19.8 Å². The van der Waals surface area contributed by atoms with Crippen LogP contribution >= 0.6 is 0 Å². The lowest BCUT2D eigenvalue weighted by molar-refractivity contribution is -0.115. The molecule has 4 nitrogen and oxygen atoms in total. The normalized spacial score (nSPS) is 15.3. The Kier molecular flexibility index (Phi) is 4.75. The minimum absolute atomic E-state index is 0.158. The minimum Gasteiger partial charge on any atom is -0.496 e. The zero-order chi connectivity index (χ0) is 16.9. The predicted molar refractivity (Wildman–Crippen MR) is 96.1 cm³/mol. The van der Waals surface area contributed by atoms with Crippen molar-refractivity contribution in [3.05, 3.63) is 70.9 Å². The lowest BCUT2D eigenvalue weighted by Crippen LogP contribution is -2.25. The number of rotatable bonds is 5. The van der Waals surface area contributed by atoms with Gasteiger partial charge in [0, 0.05) is 6.42 Å². The van der Waals surface area contributed by atoms with E-state index in [1.54, 1.807) is 7.11 Å². The third-order valence-corrected chi connectivity index (χ3v) is 3.95. The van der Waals surface area contributed by atoms with E-state index in [-0.39, 0.29) is 5.91 Å². The van der Waals surface area contributed by atoms with Crippen molar-refractivity contribution in [2.24, 2.45) is 4.99 Å². The fourth-order valence-corrected chi connectivity index (χ4v) is 2.71. The van der Waals surface area contributed by atoms with Crippen molar-refractivity contribution >= 4 is 17.8 Å². The van der Waals surface area contributed by atoms with Gasteiger partial charge in [-0.2, -0.15) is 0 Å². The first-order valence-electron chi connectivity index (χ1n) is 8.01. The molecule has 2 aromatic carbocycles. The summed E-state index contributed by atoms with van der Waals surface area (Å²) in [7, 11) is 1.66. The molecule has 0 unspecified atom stereocenters. The van der Waals surface area contributed by atoms with Crippen LogP contribution < -0.4 is 10.1 Å². The number of amides is 1. The standard InChI is InChI=1S/C20H20N2O2/c1-3-16-11-15(9-10-18(16)24-2)12-17-20(23)22-19(21-17)13-14-7-5-4-6-8-14/h4-12H,3,13H2,1-2H3,(H,21,22,23)/b17-12+. The second-order valence-electron chi connectivity index (χ2n) is 5.63. The van der Waals surface area contributed by atoms with Crippen LogP contribution in [-0.2, 0) is 17.6 Å². The van der Waals surface area contributed by atoms with Crippen LogP contribution in [0.3, 0.4) is 0 Å². The Hall–Kier alpha value is -2.88. The molecule has 0 spiro atoms. The van der Waals surface area contributed by atoms with Gasteiger partial charge in [0.1, 0.15) is 17.3 Å². The average Bonchev–Trinajstić information content (AvgIpc) is 2.94. The number of ether oxygens (including phenoxy) is 1. The third kappa shape index (κ3) is 3.54. The number of hydrogen-bond acceptors (Lipinski definition) is 3. The Morgan fingerprint density at radius 1 is 1.17 bits per heavy atom. The molecule has 1 heterocycles. The second kappa shape index (κ2) is 7.13. The van der Waals surface area contributed by atoms with Crippen molar-refractivity contribution in [1.82, 2.24) is 5.32 Å². The van der Waals surface area contributed by atoms with Crippen LogP contribution in [0, 0.1) is 0 Å². The highest BCUT2D eigenvalue weighted by Gasteiger charge is 2.20. The summed E-state index contributed by atoms with van der Waals surface area (Å²) >= 11 is 0. The number of aryl methyl sites for hydroxylation is 1. The molecule has 1 aliphatic heterocycles. The van der Waals surface area contributed by atoms with Gasteiger partial charge in [0.05, 0.1) is 7.11 Å². The second-order valence-corrected chi connectivity index (χ2v) is 5.63. The van der Waals surface area contributed by atoms with Crippen molar-refractivity contribution in [3.8, 4) is 5.75 Å². The largest absolute Gasteiger partial charge is 0.496 e. The third-order valence-electron chi connectivity index (χ3n) is 3.95. The Morgan fingerprint density at radius 2 is 1.96 bits per heavy atom. The molecule has 0 saturated heterocycles. The van der Waals surface area contributed by atoms with E-state index in [2.05, 4.69) is 17.2 Å². The van der Waals surface area contributed by atoms with Crippen LogP contribution in [0.5, 0.6) is 5.75 Å². The molecule has 24 heavy (non-hydrogen) atoms. The zero-order valence-electron chi connectivity index (χ0n) is 13.9. The van der Waals surface area contributed by atoms with Gasteiger partial charge in [0.25, 0.3) is 5.91 Å². The number of hydrogen-bond donors (Lipinski definition) is 1. The summed E-state index contributed by atoms with van der Waals surface area (Å²) in [6.45, 7) is 2.08. The summed E-state index contributed by atoms with van der Waals surface area (Å²) in [5, 5.41) is 2.84. The number of amidine groups is 1. The molecular weight excluding hydrogens is 300 g/mol. The highest BCUT2D eigenvalue weighted by atomic mass is 16.5. The molecule has 4 heteroatoms. The first kappa shape index (κ1) is 16.0. The van der Waals surface area contributed by atoms with Crippen LogP contribution in [0.15, 0.2) is 59.2 Å². The van der Waals surface area contributed by atoms with E-state index in [1.165, 1.54) is 0 Å². The minimum atomic E-state index is -0.158.